The lowest BCUT2D eigenvalue weighted by Crippen LogP contribution is -2.25. The first-order valence-electron chi connectivity index (χ1n) is 6.91. The summed E-state index contributed by atoms with van der Waals surface area (Å²) in [5, 5.41) is 11.2. The van der Waals surface area contributed by atoms with Gasteiger partial charge in [-0.15, -0.1) is 11.8 Å². The topological polar surface area (TPSA) is 79.5 Å². The van der Waals surface area contributed by atoms with Crippen molar-refractivity contribution in [2.24, 2.45) is 0 Å². The summed E-state index contributed by atoms with van der Waals surface area (Å²) in [6.45, 7) is 0.317. The number of hydrogen-bond donors (Lipinski definition) is 2. The fourth-order valence-corrected chi connectivity index (χ4v) is 2.75. The second kappa shape index (κ2) is 8.29. The van der Waals surface area contributed by atoms with Crippen LogP contribution in [0.3, 0.4) is 0 Å². The third-order valence-electron chi connectivity index (χ3n) is 2.94. The zero-order chi connectivity index (χ0) is 15.8. The maximum absolute atomic E-state index is 12.0. The summed E-state index contributed by atoms with van der Waals surface area (Å²) in [5.74, 6) is -0.247. The van der Waals surface area contributed by atoms with Crippen LogP contribution >= 0.6 is 11.8 Å². The molecule has 22 heavy (non-hydrogen) atoms. The van der Waals surface area contributed by atoms with Crippen molar-refractivity contribution >= 4 is 23.6 Å². The van der Waals surface area contributed by atoms with Crippen LogP contribution < -0.4 is 5.32 Å². The molecule has 0 aliphatic carbocycles. The number of benzene rings is 1. The molecule has 5 nitrogen and oxygen atoms in total. The molecule has 1 heterocycles. The van der Waals surface area contributed by atoms with E-state index in [-0.39, 0.29) is 12.3 Å². The van der Waals surface area contributed by atoms with E-state index in [2.05, 4.69) is 5.32 Å². The highest BCUT2D eigenvalue weighted by Crippen LogP contribution is 2.24. The van der Waals surface area contributed by atoms with Crippen molar-refractivity contribution in [2.45, 2.75) is 23.5 Å². The number of carboxylic acid groups (broad SMARTS) is 1. The molecular formula is C16H17NO4S. The Kier molecular flexibility index (Phi) is 6.09. The van der Waals surface area contributed by atoms with Gasteiger partial charge in [0.1, 0.15) is 0 Å². The lowest BCUT2D eigenvalue weighted by Gasteiger charge is -2.05. The third-order valence-corrected chi connectivity index (χ3v) is 4.00. The highest BCUT2D eigenvalue weighted by atomic mass is 32.2. The van der Waals surface area contributed by atoms with Gasteiger partial charge in [0.2, 0.25) is 0 Å². The molecule has 2 aromatic rings. The maximum atomic E-state index is 12.0. The van der Waals surface area contributed by atoms with Crippen LogP contribution in [0.15, 0.2) is 52.0 Å². The van der Waals surface area contributed by atoms with Gasteiger partial charge in [0, 0.05) is 29.2 Å². The van der Waals surface area contributed by atoms with E-state index in [9.17, 15) is 9.59 Å². The van der Waals surface area contributed by atoms with Crippen LogP contribution in [0.1, 0.15) is 29.0 Å². The summed E-state index contributed by atoms with van der Waals surface area (Å²) < 4.78 is 5.25. The van der Waals surface area contributed by atoms with Gasteiger partial charge in [0.15, 0.2) is 5.76 Å². The highest BCUT2D eigenvalue weighted by Gasteiger charge is 2.15. The fraction of sp³-hybridized carbons (Fsp3) is 0.250. The lowest BCUT2D eigenvalue weighted by molar-refractivity contribution is -0.137. The molecule has 0 fully saturated rings. The normalized spacial score (nSPS) is 10.4. The number of carbonyl (C=O) groups is 2. The van der Waals surface area contributed by atoms with Crippen molar-refractivity contribution in [3.8, 4) is 0 Å². The second-order valence-corrected chi connectivity index (χ2v) is 5.68. The van der Waals surface area contributed by atoms with Gasteiger partial charge < -0.3 is 14.8 Å². The number of furan rings is 1. The minimum Gasteiger partial charge on any atom is -0.481 e. The summed E-state index contributed by atoms with van der Waals surface area (Å²) in [6.07, 6.45) is 1.93. The Labute approximate surface area is 132 Å². The molecule has 6 heteroatoms. The minimum atomic E-state index is -0.868. The molecule has 0 unspecified atom stereocenters. The van der Waals surface area contributed by atoms with Gasteiger partial charge in [-0.05, 0) is 24.6 Å². The van der Waals surface area contributed by atoms with Crippen LogP contribution in [0, 0.1) is 0 Å². The smallest absolute Gasteiger partial charge is 0.303 e. The van der Waals surface area contributed by atoms with E-state index in [1.807, 2.05) is 30.3 Å². The molecule has 0 spiro atoms. The van der Waals surface area contributed by atoms with E-state index >= 15 is 0 Å². The molecule has 0 bridgehead atoms. The zero-order valence-electron chi connectivity index (χ0n) is 12.0. The number of carboxylic acids is 1. The average Bonchev–Trinajstić information content (AvgIpc) is 2.99. The largest absolute Gasteiger partial charge is 0.481 e. The van der Waals surface area contributed by atoms with Gasteiger partial charge in [-0.2, -0.15) is 0 Å². The third kappa shape index (κ3) is 4.96. The van der Waals surface area contributed by atoms with Gasteiger partial charge in [-0.25, -0.2) is 0 Å². The molecule has 0 saturated heterocycles. The van der Waals surface area contributed by atoms with E-state index in [1.54, 1.807) is 17.8 Å². The molecule has 116 valence electrons. The van der Waals surface area contributed by atoms with E-state index < -0.39 is 5.97 Å². The Hall–Kier alpha value is -2.21. The van der Waals surface area contributed by atoms with Crippen molar-refractivity contribution in [3.05, 3.63) is 54.0 Å². The number of rotatable bonds is 8. The zero-order valence-corrected chi connectivity index (χ0v) is 12.8. The molecule has 0 atom stereocenters. The summed E-state index contributed by atoms with van der Waals surface area (Å²) in [4.78, 5) is 23.6. The molecular weight excluding hydrogens is 302 g/mol. The maximum Gasteiger partial charge on any atom is 0.303 e. The van der Waals surface area contributed by atoms with Crippen LogP contribution in [-0.4, -0.2) is 23.5 Å². The van der Waals surface area contributed by atoms with E-state index in [0.29, 0.717) is 24.5 Å². The second-order valence-electron chi connectivity index (χ2n) is 4.63. The van der Waals surface area contributed by atoms with Crippen molar-refractivity contribution < 1.29 is 19.1 Å². The standard InChI is InChI=1S/C16H17NO4S/c18-14(19)7-4-9-17-16(20)15-12(8-10-21-15)11-22-13-5-2-1-3-6-13/h1-3,5-6,8,10H,4,7,9,11H2,(H,17,20)(H,18,19). The molecule has 0 aliphatic rings. The van der Waals surface area contributed by atoms with Crippen LogP contribution in [0.4, 0.5) is 0 Å². The summed E-state index contributed by atoms with van der Waals surface area (Å²) in [6, 6.07) is 11.7. The molecule has 1 amide bonds. The van der Waals surface area contributed by atoms with Gasteiger partial charge in [-0.3, -0.25) is 9.59 Å². The number of hydrogen-bond acceptors (Lipinski definition) is 4. The first-order valence-corrected chi connectivity index (χ1v) is 7.89. The van der Waals surface area contributed by atoms with Crippen molar-refractivity contribution in [1.82, 2.24) is 5.32 Å². The first-order chi connectivity index (χ1) is 10.7. The van der Waals surface area contributed by atoms with Crippen LogP contribution in [0.25, 0.3) is 0 Å². The molecule has 2 N–H and O–H groups in total. The quantitative estimate of drug-likeness (QED) is 0.577. The molecule has 0 aliphatic heterocycles. The van der Waals surface area contributed by atoms with Gasteiger partial charge in [0.25, 0.3) is 5.91 Å². The highest BCUT2D eigenvalue weighted by molar-refractivity contribution is 7.98. The van der Waals surface area contributed by atoms with Gasteiger partial charge in [-0.1, -0.05) is 18.2 Å². The molecule has 0 saturated carbocycles. The Morgan fingerprint density at radius 2 is 1.95 bits per heavy atom. The number of aliphatic carboxylic acids is 1. The Morgan fingerprint density at radius 3 is 2.68 bits per heavy atom. The van der Waals surface area contributed by atoms with Crippen LogP contribution in [-0.2, 0) is 10.5 Å². The summed E-state index contributed by atoms with van der Waals surface area (Å²) in [7, 11) is 0. The summed E-state index contributed by atoms with van der Waals surface area (Å²) in [5.41, 5.74) is 0.824. The fourth-order valence-electron chi connectivity index (χ4n) is 1.85. The van der Waals surface area contributed by atoms with Crippen molar-refractivity contribution in [3.63, 3.8) is 0 Å². The predicted octanol–water partition coefficient (Wildman–Crippen LogP) is 3.17. The van der Waals surface area contributed by atoms with Crippen LogP contribution in [0.2, 0.25) is 0 Å². The van der Waals surface area contributed by atoms with E-state index in [4.69, 9.17) is 9.52 Å². The SMILES string of the molecule is O=C(O)CCCNC(=O)c1occc1CSc1ccccc1. The lowest BCUT2D eigenvalue weighted by atomic mass is 10.2. The Morgan fingerprint density at radius 1 is 1.18 bits per heavy atom. The number of nitrogens with one attached hydrogen (secondary N) is 1. The Balaban J connectivity index is 1.86. The molecule has 0 radical (unpaired) electrons. The number of thioether (sulfide) groups is 1. The van der Waals surface area contributed by atoms with Crippen molar-refractivity contribution in [1.29, 1.82) is 0 Å². The van der Waals surface area contributed by atoms with E-state index in [1.165, 1.54) is 6.26 Å². The average molecular weight is 319 g/mol. The monoisotopic (exact) mass is 319 g/mol. The van der Waals surface area contributed by atoms with E-state index in [0.717, 1.165) is 10.5 Å². The first kappa shape index (κ1) is 16.2. The predicted molar refractivity (Wildman–Crippen MR) is 83.9 cm³/mol. The minimum absolute atomic E-state index is 0.0369. The van der Waals surface area contributed by atoms with Gasteiger partial charge in [0.05, 0.1) is 6.26 Å². The molecule has 1 aromatic heterocycles. The van der Waals surface area contributed by atoms with Gasteiger partial charge >= 0.3 is 5.97 Å². The van der Waals surface area contributed by atoms with Crippen LogP contribution in [0.5, 0.6) is 0 Å². The summed E-state index contributed by atoms with van der Waals surface area (Å²) >= 11 is 1.62. The number of carbonyl (C=O) groups excluding carboxylic acids is 1. The Bertz CT molecular complexity index is 624. The van der Waals surface area contributed by atoms with Crippen molar-refractivity contribution in [2.75, 3.05) is 6.54 Å². The molecule has 1 aromatic carbocycles. The molecule has 2 rings (SSSR count). The number of amides is 1.